The first-order chi connectivity index (χ1) is 14.5. The van der Waals surface area contributed by atoms with Crippen molar-refractivity contribution < 1.29 is 9.47 Å². The van der Waals surface area contributed by atoms with E-state index in [0.29, 0.717) is 34.7 Å². The van der Waals surface area contributed by atoms with Crippen LogP contribution < -0.4 is 14.8 Å². The van der Waals surface area contributed by atoms with E-state index in [-0.39, 0.29) is 0 Å². The molecule has 0 atom stereocenters. The number of hydrogen-bond acceptors (Lipinski definition) is 3. The minimum atomic E-state index is 0.495. The first-order valence-corrected chi connectivity index (χ1v) is 11.2. The standard InChI is InChI=1S/C24H24BrCl2NO2/c1-16-5-3-4-6-18(16)15-30-24-13-21(25)19(11-23(24)29-2)14-28-10-9-17-7-8-20(26)12-22(17)27/h3-8,11-13,28H,9-10,14-15H2,1-2H3. The Kier molecular flexibility index (Phi) is 8.46. The van der Waals surface area contributed by atoms with E-state index in [1.54, 1.807) is 13.2 Å². The minimum absolute atomic E-state index is 0.495. The summed E-state index contributed by atoms with van der Waals surface area (Å²) < 4.78 is 12.6. The van der Waals surface area contributed by atoms with E-state index in [1.807, 2.05) is 36.4 Å². The van der Waals surface area contributed by atoms with E-state index in [9.17, 15) is 0 Å². The van der Waals surface area contributed by atoms with Crippen molar-refractivity contribution in [2.24, 2.45) is 0 Å². The zero-order chi connectivity index (χ0) is 21.5. The normalized spacial score (nSPS) is 10.8. The van der Waals surface area contributed by atoms with Crippen molar-refractivity contribution in [3.05, 3.63) is 91.4 Å². The first kappa shape index (κ1) is 23.0. The van der Waals surface area contributed by atoms with Crippen LogP contribution in [0.1, 0.15) is 22.3 Å². The fourth-order valence-corrected chi connectivity index (χ4v) is 4.05. The number of halogens is 3. The van der Waals surface area contributed by atoms with E-state index in [1.165, 1.54) is 5.56 Å². The molecule has 3 rings (SSSR count). The quantitative estimate of drug-likeness (QED) is 0.316. The summed E-state index contributed by atoms with van der Waals surface area (Å²) in [5.41, 5.74) is 4.53. The SMILES string of the molecule is COc1cc(CNCCc2ccc(Cl)cc2Cl)c(Br)cc1OCc1ccccc1C. The highest BCUT2D eigenvalue weighted by Gasteiger charge is 2.11. The highest BCUT2D eigenvalue weighted by atomic mass is 79.9. The molecule has 0 radical (unpaired) electrons. The second-order valence-electron chi connectivity index (χ2n) is 6.97. The lowest BCUT2D eigenvalue weighted by Crippen LogP contribution is -2.17. The Morgan fingerprint density at radius 3 is 2.47 bits per heavy atom. The lowest BCUT2D eigenvalue weighted by Gasteiger charge is -2.15. The second kappa shape index (κ2) is 11.1. The molecule has 0 heterocycles. The summed E-state index contributed by atoms with van der Waals surface area (Å²) in [4.78, 5) is 0. The van der Waals surface area contributed by atoms with Gasteiger partial charge in [0.05, 0.1) is 7.11 Å². The van der Waals surface area contributed by atoms with Crippen LogP contribution in [0.4, 0.5) is 0 Å². The summed E-state index contributed by atoms with van der Waals surface area (Å²) >= 11 is 15.9. The molecule has 0 aromatic heterocycles. The van der Waals surface area contributed by atoms with Crippen LogP contribution in [-0.2, 0) is 19.6 Å². The maximum Gasteiger partial charge on any atom is 0.162 e. The molecule has 3 nitrogen and oxygen atoms in total. The molecule has 0 spiro atoms. The molecule has 0 saturated heterocycles. The number of ether oxygens (including phenoxy) is 2. The molecule has 3 aromatic rings. The maximum atomic E-state index is 6.24. The summed E-state index contributed by atoms with van der Waals surface area (Å²) in [6.07, 6.45) is 0.822. The lowest BCUT2D eigenvalue weighted by atomic mass is 10.1. The number of aryl methyl sites for hydroxylation is 1. The first-order valence-electron chi connectivity index (χ1n) is 9.66. The Bertz CT molecular complexity index is 1010. The van der Waals surface area contributed by atoms with Gasteiger partial charge in [0.25, 0.3) is 0 Å². The van der Waals surface area contributed by atoms with Gasteiger partial charge in [-0.05, 0) is 66.4 Å². The molecule has 6 heteroatoms. The largest absolute Gasteiger partial charge is 0.493 e. The Hall–Kier alpha value is -1.72. The molecule has 0 aliphatic heterocycles. The second-order valence-corrected chi connectivity index (χ2v) is 8.67. The summed E-state index contributed by atoms with van der Waals surface area (Å²) in [5, 5.41) is 4.80. The van der Waals surface area contributed by atoms with Crippen LogP contribution >= 0.6 is 39.1 Å². The van der Waals surface area contributed by atoms with Gasteiger partial charge >= 0.3 is 0 Å². The fraction of sp³-hybridized carbons (Fsp3) is 0.250. The molecular weight excluding hydrogens is 485 g/mol. The van der Waals surface area contributed by atoms with E-state index in [0.717, 1.165) is 34.1 Å². The Morgan fingerprint density at radius 1 is 0.933 bits per heavy atom. The van der Waals surface area contributed by atoms with Crippen LogP contribution in [0.5, 0.6) is 11.5 Å². The monoisotopic (exact) mass is 507 g/mol. The van der Waals surface area contributed by atoms with Crippen LogP contribution in [0.15, 0.2) is 59.1 Å². The molecule has 158 valence electrons. The average molecular weight is 509 g/mol. The van der Waals surface area contributed by atoms with Crippen molar-refractivity contribution in [3.63, 3.8) is 0 Å². The van der Waals surface area contributed by atoms with Crippen LogP contribution in [0.25, 0.3) is 0 Å². The topological polar surface area (TPSA) is 30.5 Å². The van der Waals surface area contributed by atoms with Crippen molar-refractivity contribution in [1.82, 2.24) is 5.32 Å². The molecule has 30 heavy (non-hydrogen) atoms. The molecule has 0 bridgehead atoms. The summed E-state index contributed by atoms with van der Waals surface area (Å²) in [6.45, 7) is 4.06. The van der Waals surface area contributed by atoms with Crippen molar-refractivity contribution in [3.8, 4) is 11.5 Å². The summed E-state index contributed by atoms with van der Waals surface area (Å²) in [6, 6.07) is 17.8. The van der Waals surface area contributed by atoms with Crippen LogP contribution in [0, 0.1) is 6.92 Å². The fourth-order valence-electron chi connectivity index (χ4n) is 3.08. The zero-order valence-electron chi connectivity index (χ0n) is 17.0. The van der Waals surface area contributed by atoms with Crippen molar-refractivity contribution in [2.75, 3.05) is 13.7 Å². The van der Waals surface area contributed by atoms with E-state index in [2.05, 4.69) is 40.3 Å². The molecule has 0 fully saturated rings. The van der Waals surface area contributed by atoms with Crippen LogP contribution in [-0.4, -0.2) is 13.7 Å². The van der Waals surface area contributed by atoms with Gasteiger partial charge in [0.15, 0.2) is 11.5 Å². The summed E-state index contributed by atoms with van der Waals surface area (Å²) in [7, 11) is 1.66. The number of hydrogen-bond donors (Lipinski definition) is 1. The number of rotatable bonds is 9. The van der Waals surface area contributed by atoms with Gasteiger partial charge in [0.2, 0.25) is 0 Å². The van der Waals surface area contributed by atoms with Crippen molar-refractivity contribution >= 4 is 39.1 Å². The highest BCUT2D eigenvalue weighted by molar-refractivity contribution is 9.10. The third kappa shape index (κ3) is 6.14. The predicted octanol–water partition coefficient (Wildman–Crippen LogP) is 6.98. The smallest absolute Gasteiger partial charge is 0.162 e. The molecule has 0 aliphatic carbocycles. The van der Waals surface area contributed by atoms with Gasteiger partial charge in [-0.25, -0.2) is 0 Å². The summed E-state index contributed by atoms with van der Waals surface area (Å²) in [5.74, 6) is 1.42. The predicted molar refractivity (Wildman–Crippen MR) is 128 cm³/mol. The van der Waals surface area contributed by atoms with E-state index < -0.39 is 0 Å². The average Bonchev–Trinajstić information content (AvgIpc) is 2.73. The van der Waals surface area contributed by atoms with Gasteiger partial charge in [0.1, 0.15) is 6.61 Å². The number of methoxy groups -OCH3 is 1. The molecule has 0 saturated carbocycles. The van der Waals surface area contributed by atoms with Gasteiger partial charge in [-0.1, -0.05) is 69.5 Å². The molecule has 0 amide bonds. The lowest BCUT2D eigenvalue weighted by molar-refractivity contribution is 0.283. The van der Waals surface area contributed by atoms with Crippen LogP contribution in [0.2, 0.25) is 10.0 Å². The molecule has 0 unspecified atom stereocenters. The van der Waals surface area contributed by atoms with E-state index >= 15 is 0 Å². The van der Waals surface area contributed by atoms with Gasteiger partial charge < -0.3 is 14.8 Å². The molecule has 1 N–H and O–H groups in total. The number of nitrogens with one attached hydrogen (secondary N) is 1. The van der Waals surface area contributed by atoms with Gasteiger partial charge in [0, 0.05) is 21.1 Å². The van der Waals surface area contributed by atoms with E-state index in [4.69, 9.17) is 32.7 Å². The van der Waals surface area contributed by atoms with Crippen molar-refractivity contribution in [1.29, 1.82) is 0 Å². The van der Waals surface area contributed by atoms with Gasteiger partial charge in [-0.3, -0.25) is 0 Å². The third-order valence-electron chi connectivity index (χ3n) is 4.88. The maximum absolute atomic E-state index is 6.24. The Labute approximate surface area is 196 Å². The third-order valence-corrected chi connectivity index (χ3v) is 6.20. The molecular formula is C24H24BrCl2NO2. The molecule has 0 aliphatic rings. The molecule has 3 aromatic carbocycles. The zero-order valence-corrected chi connectivity index (χ0v) is 20.1. The van der Waals surface area contributed by atoms with Gasteiger partial charge in [-0.2, -0.15) is 0 Å². The van der Waals surface area contributed by atoms with Crippen LogP contribution in [0.3, 0.4) is 0 Å². The Balaban J connectivity index is 1.60. The van der Waals surface area contributed by atoms with Gasteiger partial charge in [-0.15, -0.1) is 0 Å². The van der Waals surface area contributed by atoms with Crippen molar-refractivity contribution in [2.45, 2.75) is 26.5 Å². The minimum Gasteiger partial charge on any atom is -0.493 e. The Morgan fingerprint density at radius 2 is 1.73 bits per heavy atom. The highest BCUT2D eigenvalue weighted by Crippen LogP contribution is 2.34. The number of benzene rings is 3.